The predicted octanol–water partition coefficient (Wildman–Crippen LogP) is 2.27. The molecule has 1 aromatic rings. The van der Waals surface area contributed by atoms with E-state index in [1.165, 1.54) is 0 Å². The molecule has 2 rings (SSSR count). The number of carbonyl (C=O) groups is 2. The van der Waals surface area contributed by atoms with E-state index in [4.69, 9.17) is 15.8 Å². The van der Waals surface area contributed by atoms with Crippen LogP contribution in [0.2, 0.25) is 6.32 Å². The van der Waals surface area contributed by atoms with Crippen molar-refractivity contribution in [3.05, 3.63) is 35.9 Å². The number of rotatable bonds is 11. The lowest BCUT2D eigenvalue weighted by Crippen LogP contribution is -2.52. The molecule has 1 aromatic carbocycles. The van der Waals surface area contributed by atoms with E-state index in [1.807, 2.05) is 30.3 Å². The van der Waals surface area contributed by atoms with Crippen LogP contribution in [0.1, 0.15) is 51.0 Å². The molecule has 1 aliphatic heterocycles. The summed E-state index contributed by atoms with van der Waals surface area (Å²) in [6.07, 6.45) is 3.31. The molecule has 1 fully saturated rings. The number of ketones is 1. The van der Waals surface area contributed by atoms with Crippen LogP contribution in [0.3, 0.4) is 0 Å². The molecule has 1 aliphatic rings. The fourth-order valence-corrected chi connectivity index (χ4v) is 4.22. The Labute approximate surface area is 197 Å². The van der Waals surface area contributed by atoms with Crippen molar-refractivity contribution in [2.24, 2.45) is 5.73 Å². The maximum atomic E-state index is 12.5. The second-order valence-corrected chi connectivity index (χ2v) is 8.28. The summed E-state index contributed by atoms with van der Waals surface area (Å²) in [5.74, 6) is -0.852. The number of piperidine rings is 1. The third-order valence-electron chi connectivity index (χ3n) is 6.35. The van der Waals surface area contributed by atoms with Crippen LogP contribution < -0.4 is 5.73 Å². The maximum Gasteiger partial charge on any atom is 0.451 e. The average molecular weight is 477 g/mol. The van der Waals surface area contributed by atoms with Gasteiger partial charge in [0, 0.05) is 6.54 Å². The number of carbonyl (C=O) groups excluding carboxylic acids is 1. The van der Waals surface area contributed by atoms with Gasteiger partial charge in [-0.05, 0) is 57.6 Å². The van der Waals surface area contributed by atoms with Gasteiger partial charge in [0.25, 0.3) is 0 Å². The highest BCUT2D eigenvalue weighted by Crippen LogP contribution is 2.36. The van der Waals surface area contributed by atoms with Gasteiger partial charge in [0.2, 0.25) is 0 Å². The van der Waals surface area contributed by atoms with Crippen LogP contribution in [-0.4, -0.2) is 64.1 Å². The Morgan fingerprint density at radius 3 is 2.16 bits per heavy atom. The minimum absolute atomic E-state index is 0. The Morgan fingerprint density at radius 2 is 1.68 bits per heavy atom. The van der Waals surface area contributed by atoms with Gasteiger partial charge in [0.1, 0.15) is 11.3 Å². The summed E-state index contributed by atoms with van der Waals surface area (Å²) >= 11 is 0. The number of nitrogens with zero attached hydrogens (tertiary/aromatic N) is 1. The molecule has 1 unspecified atom stereocenters. The fourth-order valence-electron chi connectivity index (χ4n) is 4.22. The van der Waals surface area contributed by atoms with Crippen LogP contribution >= 0.6 is 24.8 Å². The summed E-state index contributed by atoms with van der Waals surface area (Å²) in [6, 6.07) is 9.88. The number of hydrogen-bond donors (Lipinski definition) is 4. The molecule has 31 heavy (non-hydrogen) atoms. The molecule has 176 valence electrons. The van der Waals surface area contributed by atoms with E-state index in [1.54, 1.807) is 6.92 Å². The number of carboxylic acid groups (broad SMARTS) is 1. The fraction of sp³-hybridized carbons (Fsp3) is 0.619. The molecule has 0 aromatic heterocycles. The van der Waals surface area contributed by atoms with Crippen LogP contribution in [0.5, 0.6) is 0 Å². The van der Waals surface area contributed by atoms with Gasteiger partial charge in [-0.2, -0.15) is 0 Å². The molecule has 10 heteroatoms. The first-order chi connectivity index (χ1) is 13.7. The number of unbranched alkanes of at least 4 members (excludes halogenated alkanes) is 1. The highest BCUT2D eigenvalue weighted by molar-refractivity contribution is 6.40. The van der Waals surface area contributed by atoms with Gasteiger partial charge in [-0.1, -0.05) is 43.2 Å². The minimum Gasteiger partial charge on any atom is -0.480 e. The number of benzene rings is 1. The normalized spacial score (nSPS) is 17.5. The summed E-state index contributed by atoms with van der Waals surface area (Å²) < 4.78 is 0. The molecule has 0 radical (unpaired) electrons. The number of nitrogens with two attached hydrogens (primary N) is 1. The zero-order chi connectivity index (χ0) is 21.5. The quantitative estimate of drug-likeness (QED) is 0.285. The Hall–Kier alpha value is -1.16. The van der Waals surface area contributed by atoms with Crippen molar-refractivity contribution in [3.63, 3.8) is 0 Å². The lowest BCUT2D eigenvalue weighted by Gasteiger charge is -2.41. The minimum atomic E-state index is -1.37. The van der Waals surface area contributed by atoms with Crippen LogP contribution in [0.4, 0.5) is 0 Å². The van der Waals surface area contributed by atoms with Gasteiger partial charge in [-0.3, -0.25) is 9.59 Å². The van der Waals surface area contributed by atoms with E-state index in [2.05, 4.69) is 4.90 Å². The number of Topliss-reactive ketones (excluding diaryl/α,β-unsaturated/α-hetero) is 1. The Morgan fingerprint density at radius 1 is 1.10 bits per heavy atom. The third kappa shape index (κ3) is 8.04. The first-order valence-corrected chi connectivity index (χ1v) is 10.4. The molecular formula is C21H35BCl2N2O5. The van der Waals surface area contributed by atoms with E-state index in [0.29, 0.717) is 45.1 Å². The lowest BCUT2D eigenvalue weighted by molar-refractivity contribution is -0.144. The molecule has 5 N–H and O–H groups in total. The predicted molar refractivity (Wildman–Crippen MR) is 127 cm³/mol. The number of halogens is 2. The van der Waals surface area contributed by atoms with E-state index < -0.39 is 24.0 Å². The molecule has 0 saturated carbocycles. The summed E-state index contributed by atoms with van der Waals surface area (Å²) in [4.78, 5) is 26.4. The maximum absolute atomic E-state index is 12.5. The van der Waals surface area contributed by atoms with Crippen molar-refractivity contribution < 1.29 is 24.7 Å². The largest absolute Gasteiger partial charge is 0.480 e. The first kappa shape index (κ1) is 29.8. The molecule has 0 bridgehead atoms. The van der Waals surface area contributed by atoms with Crippen molar-refractivity contribution >= 4 is 43.7 Å². The van der Waals surface area contributed by atoms with Gasteiger partial charge in [-0.25, -0.2) is 0 Å². The Balaban J connectivity index is 0.00000450. The summed E-state index contributed by atoms with van der Waals surface area (Å²) in [5, 5.41) is 27.4. The second kappa shape index (κ2) is 13.4. The first-order valence-electron chi connectivity index (χ1n) is 10.4. The van der Waals surface area contributed by atoms with Gasteiger partial charge in [0.15, 0.2) is 0 Å². The van der Waals surface area contributed by atoms with E-state index >= 15 is 0 Å². The Kier molecular flexibility index (Phi) is 12.9. The molecule has 7 nitrogen and oxygen atoms in total. The number of likely N-dealkylation sites (tertiary alicyclic amines) is 1. The monoisotopic (exact) mass is 476 g/mol. The van der Waals surface area contributed by atoms with Crippen molar-refractivity contribution in [2.45, 2.75) is 62.7 Å². The molecule has 0 amide bonds. The van der Waals surface area contributed by atoms with Gasteiger partial charge >= 0.3 is 13.1 Å². The summed E-state index contributed by atoms with van der Waals surface area (Å²) in [6.45, 7) is 3.66. The summed E-state index contributed by atoms with van der Waals surface area (Å²) in [5.41, 5.74) is 5.43. The standard InChI is InChI=1S/C21H33BN2O5.2ClH/c1-17(25)20(18-7-3-2-4-8-18)10-14-24(15-11-20)16-12-21(23,19(26)27)9-5-6-13-22(28)29;;/h2-4,7-8,28-29H,5-6,9-16,23H2,1H3,(H,26,27);2*1H. The van der Waals surface area contributed by atoms with Crippen molar-refractivity contribution in [1.29, 1.82) is 0 Å². The van der Waals surface area contributed by atoms with Gasteiger partial charge in [-0.15, -0.1) is 24.8 Å². The number of carboxylic acids is 1. The SMILES string of the molecule is CC(=O)C1(c2ccccc2)CCN(CCC(N)(CCCCB(O)O)C(=O)O)CC1.Cl.Cl. The Bertz CT molecular complexity index is 688. The zero-order valence-electron chi connectivity index (χ0n) is 18.0. The molecule has 1 atom stereocenters. The van der Waals surface area contributed by atoms with Crippen molar-refractivity contribution in [2.75, 3.05) is 19.6 Å². The molecular weight excluding hydrogens is 442 g/mol. The number of aliphatic carboxylic acids is 1. The lowest BCUT2D eigenvalue weighted by atomic mass is 9.70. The third-order valence-corrected chi connectivity index (χ3v) is 6.35. The average Bonchev–Trinajstić information content (AvgIpc) is 2.70. The van der Waals surface area contributed by atoms with Crippen LogP contribution in [0, 0.1) is 0 Å². The van der Waals surface area contributed by atoms with E-state index in [9.17, 15) is 14.7 Å². The molecule has 1 heterocycles. The highest BCUT2D eigenvalue weighted by Gasteiger charge is 2.41. The van der Waals surface area contributed by atoms with Crippen LogP contribution in [0.15, 0.2) is 30.3 Å². The number of hydrogen-bond acceptors (Lipinski definition) is 6. The smallest absolute Gasteiger partial charge is 0.451 e. The summed E-state index contributed by atoms with van der Waals surface area (Å²) in [7, 11) is -1.37. The molecule has 1 saturated heterocycles. The van der Waals surface area contributed by atoms with Crippen LogP contribution in [0.25, 0.3) is 0 Å². The van der Waals surface area contributed by atoms with Crippen LogP contribution in [-0.2, 0) is 15.0 Å². The second-order valence-electron chi connectivity index (χ2n) is 8.28. The molecule has 0 spiro atoms. The zero-order valence-corrected chi connectivity index (χ0v) is 19.7. The van der Waals surface area contributed by atoms with Crippen molar-refractivity contribution in [1.82, 2.24) is 4.90 Å². The van der Waals surface area contributed by atoms with E-state index in [0.717, 1.165) is 18.7 Å². The van der Waals surface area contributed by atoms with Crippen molar-refractivity contribution in [3.8, 4) is 0 Å². The topological polar surface area (TPSA) is 124 Å². The van der Waals surface area contributed by atoms with E-state index in [-0.39, 0.29) is 36.9 Å². The van der Waals surface area contributed by atoms with Gasteiger partial charge < -0.3 is 25.8 Å². The van der Waals surface area contributed by atoms with Gasteiger partial charge in [0.05, 0.1) is 5.41 Å². The highest BCUT2D eigenvalue weighted by atomic mass is 35.5. The molecule has 0 aliphatic carbocycles.